The number of aliphatic hydroxyl groups is 1. The Morgan fingerprint density at radius 1 is 1.39 bits per heavy atom. The lowest BCUT2D eigenvalue weighted by Crippen LogP contribution is -2.26. The zero-order chi connectivity index (χ0) is 13.0. The highest BCUT2D eigenvalue weighted by atomic mass is 16.3. The van der Waals surface area contributed by atoms with Crippen LogP contribution >= 0.6 is 0 Å². The van der Waals surface area contributed by atoms with E-state index in [1.54, 1.807) is 0 Å². The third-order valence-corrected chi connectivity index (χ3v) is 3.53. The minimum atomic E-state index is -0.429. The highest BCUT2D eigenvalue weighted by molar-refractivity contribution is 5.45. The van der Waals surface area contributed by atoms with Crippen LogP contribution < -0.4 is 4.90 Å². The van der Waals surface area contributed by atoms with Crippen molar-refractivity contribution in [2.24, 2.45) is 5.92 Å². The maximum atomic E-state index is 9.74. The predicted octanol–water partition coefficient (Wildman–Crippen LogP) is 3.15. The molecule has 0 saturated heterocycles. The summed E-state index contributed by atoms with van der Waals surface area (Å²) >= 11 is 0. The van der Waals surface area contributed by atoms with Gasteiger partial charge in [-0.3, -0.25) is 4.98 Å². The van der Waals surface area contributed by atoms with Crippen molar-refractivity contribution < 1.29 is 5.11 Å². The van der Waals surface area contributed by atoms with Crippen molar-refractivity contribution in [2.45, 2.75) is 45.6 Å². The summed E-state index contributed by atoms with van der Waals surface area (Å²) in [6, 6.07) is 4.05. The quantitative estimate of drug-likeness (QED) is 0.805. The predicted molar refractivity (Wildman–Crippen MR) is 74.7 cm³/mol. The van der Waals surface area contributed by atoms with Crippen molar-refractivity contribution in [3.05, 3.63) is 24.0 Å². The van der Waals surface area contributed by atoms with Gasteiger partial charge in [0.1, 0.15) is 0 Å². The average molecular weight is 248 g/mol. The second-order valence-electron chi connectivity index (χ2n) is 5.25. The molecule has 1 aromatic rings. The zero-order valence-corrected chi connectivity index (χ0v) is 11.5. The van der Waals surface area contributed by atoms with E-state index in [1.165, 1.54) is 18.5 Å². The van der Waals surface area contributed by atoms with Crippen LogP contribution in [-0.2, 0) is 0 Å². The number of pyridine rings is 1. The Morgan fingerprint density at radius 3 is 2.67 bits per heavy atom. The Hall–Kier alpha value is -1.09. The number of aliphatic hydroxyl groups excluding tert-OH is 1. The van der Waals surface area contributed by atoms with Crippen molar-refractivity contribution in [3.8, 4) is 0 Å². The van der Waals surface area contributed by atoms with E-state index >= 15 is 0 Å². The first-order valence-corrected chi connectivity index (χ1v) is 7.13. The SMILES string of the molecule is CCCN(CC1CC1)c1ccc([C@H](O)CC)nc1. The minimum Gasteiger partial charge on any atom is -0.387 e. The topological polar surface area (TPSA) is 36.4 Å². The molecule has 0 bridgehead atoms. The Bertz CT molecular complexity index is 359. The molecule has 1 aliphatic rings. The first-order valence-electron chi connectivity index (χ1n) is 7.13. The smallest absolute Gasteiger partial charge is 0.0957 e. The largest absolute Gasteiger partial charge is 0.387 e. The summed E-state index contributed by atoms with van der Waals surface area (Å²) in [6.07, 6.45) is 6.11. The van der Waals surface area contributed by atoms with E-state index in [4.69, 9.17) is 0 Å². The molecule has 0 radical (unpaired) electrons. The molecule has 0 aliphatic heterocycles. The third kappa shape index (κ3) is 3.45. The Labute approximate surface area is 110 Å². The second-order valence-corrected chi connectivity index (χ2v) is 5.25. The van der Waals surface area contributed by atoms with Gasteiger partial charge >= 0.3 is 0 Å². The molecular weight excluding hydrogens is 224 g/mol. The van der Waals surface area contributed by atoms with Crippen molar-refractivity contribution >= 4 is 5.69 Å². The lowest BCUT2D eigenvalue weighted by molar-refractivity contribution is 0.169. The standard InChI is InChI=1S/C15H24N2O/c1-3-9-17(11-12-5-6-12)13-7-8-14(16-10-13)15(18)4-2/h7-8,10,12,15,18H,3-6,9,11H2,1-2H3/t15-/m1/s1. The second kappa shape index (κ2) is 6.19. The molecule has 1 heterocycles. The first-order chi connectivity index (χ1) is 8.74. The van der Waals surface area contributed by atoms with E-state index in [0.29, 0.717) is 6.42 Å². The molecular formula is C15H24N2O. The molecule has 1 saturated carbocycles. The molecule has 1 aliphatic carbocycles. The fourth-order valence-electron chi connectivity index (χ4n) is 2.20. The zero-order valence-electron chi connectivity index (χ0n) is 11.5. The molecule has 0 spiro atoms. The Balaban J connectivity index is 2.04. The Morgan fingerprint density at radius 2 is 2.17 bits per heavy atom. The molecule has 3 nitrogen and oxygen atoms in total. The molecule has 1 aromatic heterocycles. The van der Waals surface area contributed by atoms with Gasteiger partial charge < -0.3 is 10.0 Å². The molecule has 1 N–H and O–H groups in total. The van der Waals surface area contributed by atoms with Crippen LogP contribution in [0.2, 0.25) is 0 Å². The number of hydrogen-bond donors (Lipinski definition) is 1. The number of aromatic nitrogens is 1. The van der Waals surface area contributed by atoms with Gasteiger partial charge in [0, 0.05) is 13.1 Å². The van der Waals surface area contributed by atoms with Crippen LogP contribution in [0.4, 0.5) is 5.69 Å². The molecule has 0 unspecified atom stereocenters. The van der Waals surface area contributed by atoms with Gasteiger partial charge in [0.25, 0.3) is 0 Å². The van der Waals surface area contributed by atoms with Crippen LogP contribution in [0, 0.1) is 5.92 Å². The highest BCUT2D eigenvalue weighted by Crippen LogP contribution is 2.31. The van der Waals surface area contributed by atoms with E-state index in [-0.39, 0.29) is 0 Å². The Kier molecular flexibility index (Phi) is 4.59. The molecule has 1 atom stereocenters. The number of nitrogens with zero attached hydrogens (tertiary/aromatic N) is 2. The lowest BCUT2D eigenvalue weighted by Gasteiger charge is -2.24. The van der Waals surface area contributed by atoms with Crippen molar-refractivity contribution in [1.29, 1.82) is 0 Å². The van der Waals surface area contributed by atoms with E-state index in [0.717, 1.165) is 31.1 Å². The van der Waals surface area contributed by atoms with Gasteiger partial charge in [-0.1, -0.05) is 13.8 Å². The van der Waals surface area contributed by atoms with Gasteiger partial charge in [-0.15, -0.1) is 0 Å². The fourth-order valence-corrected chi connectivity index (χ4v) is 2.20. The van der Waals surface area contributed by atoms with Gasteiger partial charge in [0.05, 0.1) is 23.7 Å². The molecule has 2 rings (SSSR count). The first kappa shape index (κ1) is 13.3. The van der Waals surface area contributed by atoms with Crippen LogP contribution in [-0.4, -0.2) is 23.2 Å². The van der Waals surface area contributed by atoms with Gasteiger partial charge in [-0.05, 0) is 43.7 Å². The van der Waals surface area contributed by atoms with Crippen LogP contribution in [0.1, 0.15) is 51.3 Å². The van der Waals surface area contributed by atoms with E-state index in [9.17, 15) is 5.11 Å². The van der Waals surface area contributed by atoms with Crippen molar-refractivity contribution in [3.63, 3.8) is 0 Å². The summed E-state index contributed by atoms with van der Waals surface area (Å²) in [7, 11) is 0. The highest BCUT2D eigenvalue weighted by Gasteiger charge is 2.24. The minimum absolute atomic E-state index is 0.429. The van der Waals surface area contributed by atoms with Crippen LogP contribution in [0.5, 0.6) is 0 Å². The van der Waals surface area contributed by atoms with Crippen LogP contribution in [0.25, 0.3) is 0 Å². The van der Waals surface area contributed by atoms with Gasteiger partial charge in [0.15, 0.2) is 0 Å². The molecule has 0 aromatic carbocycles. The molecule has 18 heavy (non-hydrogen) atoms. The summed E-state index contributed by atoms with van der Waals surface area (Å²) < 4.78 is 0. The summed E-state index contributed by atoms with van der Waals surface area (Å²) in [5.41, 5.74) is 1.97. The molecule has 3 heteroatoms. The van der Waals surface area contributed by atoms with E-state index < -0.39 is 6.10 Å². The normalized spacial score (nSPS) is 16.6. The summed E-state index contributed by atoms with van der Waals surface area (Å²) in [5.74, 6) is 0.887. The molecule has 100 valence electrons. The van der Waals surface area contributed by atoms with Crippen LogP contribution in [0.15, 0.2) is 18.3 Å². The summed E-state index contributed by atoms with van der Waals surface area (Å²) in [6.45, 7) is 6.43. The van der Waals surface area contributed by atoms with Gasteiger partial charge in [-0.2, -0.15) is 0 Å². The summed E-state index contributed by atoms with van der Waals surface area (Å²) in [5, 5.41) is 9.74. The maximum Gasteiger partial charge on any atom is 0.0957 e. The van der Waals surface area contributed by atoms with Crippen molar-refractivity contribution in [2.75, 3.05) is 18.0 Å². The van der Waals surface area contributed by atoms with Gasteiger partial charge in [0.2, 0.25) is 0 Å². The van der Waals surface area contributed by atoms with Crippen LogP contribution in [0.3, 0.4) is 0 Å². The number of anilines is 1. The van der Waals surface area contributed by atoms with E-state index in [2.05, 4.69) is 22.9 Å². The van der Waals surface area contributed by atoms with E-state index in [1.807, 2.05) is 19.2 Å². The molecule has 1 fully saturated rings. The monoisotopic (exact) mass is 248 g/mol. The molecule has 0 amide bonds. The van der Waals surface area contributed by atoms with Gasteiger partial charge in [-0.25, -0.2) is 0 Å². The summed E-state index contributed by atoms with van der Waals surface area (Å²) in [4.78, 5) is 6.81. The lowest BCUT2D eigenvalue weighted by atomic mass is 10.2. The third-order valence-electron chi connectivity index (χ3n) is 3.53. The fraction of sp³-hybridized carbons (Fsp3) is 0.667. The number of hydrogen-bond acceptors (Lipinski definition) is 3. The number of rotatable bonds is 7. The average Bonchev–Trinajstić information content (AvgIpc) is 3.21. The maximum absolute atomic E-state index is 9.74. The van der Waals surface area contributed by atoms with Crippen molar-refractivity contribution in [1.82, 2.24) is 4.98 Å².